The van der Waals surface area contributed by atoms with Crippen LogP contribution in [-0.4, -0.2) is 41.2 Å². The number of carbonyl (C=O) groups excluding carboxylic acids is 1. The van der Waals surface area contributed by atoms with Gasteiger partial charge in [-0.25, -0.2) is 13.1 Å². The SMILES string of the molecule is Cn1nncc1C(=O)CS(C)(=O)=O. The highest BCUT2D eigenvalue weighted by molar-refractivity contribution is 7.91. The molecule has 1 aromatic rings. The summed E-state index contributed by atoms with van der Waals surface area (Å²) < 4.78 is 22.8. The molecule has 0 fully saturated rings. The van der Waals surface area contributed by atoms with Gasteiger partial charge in [0.1, 0.15) is 11.4 Å². The number of sulfone groups is 1. The molecule has 0 aliphatic carbocycles. The molecule has 0 atom stereocenters. The minimum Gasteiger partial charge on any atom is -0.291 e. The maximum atomic E-state index is 11.3. The van der Waals surface area contributed by atoms with Gasteiger partial charge in [-0.05, 0) is 0 Å². The smallest absolute Gasteiger partial charge is 0.197 e. The lowest BCUT2D eigenvalue weighted by molar-refractivity contribution is 0.101. The summed E-state index contributed by atoms with van der Waals surface area (Å²) in [5.74, 6) is -0.996. The van der Waals surface area contributed by atoms with E-state index >= 15 is 0 Å². The van der Waals surface area contributed by atoms with Gasteiger partial charge < -0.3 is 0 Å². The molecule has 6 nitrogen and oxygen atoms in total. The van der Waals surface area contributed by atoms with E-state index in [1.165, 1.54) is 17.9 Å². The van der Waals surface area contributed by atoms with Crippen LogP contribution in [0.2, 0.25) is 0 Å². The molecular weight excluding hydrogens is 194 g/mol. The van der Waals surface area contributed by atoms with Crippen LogP contribution < -0.4 is 0 Å². The maximum absolute atomic E-state index is 11.3. The highest BCUT2D eigenvalue weighted by atomic mass is 32.2. The second-order valence-corrected chi connectivity index (χ2v) is 4.88. The van der Waals surface area contributed by atoms with Crippen LogP contribution in [0.3, 0.4) is 0 Å². The summed E-state index contributed by atoms with van der Waals surface area (Å²) in [5, 5.41) is 6.99. The van der Waals surface area contributed by atoms with Gasteiger partial charge in [-0.3, -0.25) is 4.79 Å². The molecule has 0 unspecified atom stereocenters. The number of nitrogens with zero attached hydrogens (tertiary/aromatic N) is 3. The first-order chi connectivity index (χ1) is 5.90. The van der Waals surface area contributed by atoms with E-state index in [-0.39, 0.29) is 5.69 Å². The Morgan fingerprint density at radius 2 is 2.23 bits per heavy atom. The lowest BCUT2D eigenvalue weighted by Crippen LogP contribution is -2.17. The van der Waals surface area contributed by atoms with Gasteiger partial charge in [0.2, 0.25) is 0 Å². The molecule has 0 N–H and O–H groups in total. The molecule has 0 amide bonds. The number of hydrogen-bond acceptors (Lipinski definition) is 5. The Morgan fingerprint density at radius 1 is 1.62 bits per heavy atom. The van der Waals surface area contributed by atoms with Crippen molar-refractivity contribution in [2.45, 2.75) is 0 Å². The van der Waals surface area contributed by atoms with Crippen molar-refractivity contribution in [3.63, 3.8) is 0 Å². The van der Waals surface area contributed by atoms with Crippen LogP contribution >= 0.6 is 0 Å². The quantitative estimate of drug-likeness (QED) is 0.591. The molecule has 1 heterocycles. The van der Waals surface area contributed by atoms with Crippen LogP contribution in [0.15, 0.2) is 6.20 Å². The van der Waals surface area contributed by atoms with Crippen molar-refractivity contribution in [3.8, 4) is 0 Å². The van der Waals surface area contributed by atoms with E-state index in [1.54, 1.807) is 0 Å². The monoisotopic (exact) mass is 203 g/mol. The Labute approximate surface area is 75.5 Å². The minimum atomic E-state index is -3.28. The summed E-state index contributed by atoms with van der Waals surface area (Å²) >= 11 is 0. The molecule has 7 heteroatoms. The summed E-state index contributed by atoms with van der Waals surface area (Å²) in [6, 6.07) is 0. The second-order valence-electron chi connectivity index (χ2n) is 2.74. The van der Waals surface area contributed by atoms with E-state index in [4.69, 9.17) is 0 Å². The molecule has 0 radical (unpaired) electrons. The largest absolute Gasteiger partial charge is 0.291 e. The Bertz CT molecular complexity index is 420. The number of carbonyl (C=O) groups is 1. The molecule has 0 aromatic carbocycles. The Balaban J connectivity index is 2.88. The van der Waals surface area contributed by atoms with Gasteiger partial charge in [-0.15, -0.1) is 5.10 Å². The zero-order valence-corrected chi connectivity index (χ0v) is 8.08. The number of aryl methyl sites for hydroxylation is 1. The summed E-state index contributed by atoms with van der Waals surface area (Å²) in [7, 11) is -1.75. The first-order valence-corrected chi connectivity index (χ1v) is 5.52. The summed E-state index contributed by atoms with van der Waals surface area (Å²) in [4.78, 5) is 11.3. The summed E-state index contributed by atoms with van der Waals surface area (Å²) in [5.41, 5.74) is 0.199. The molecule has 0 aliphatic heterocycles. The standard InChI is InChI=1S/C6H9N3O3S/c1-9-5(3-7-8-9)6(10)4-13(2,11)12/h3H,4H2,1-2H3. The average Bonchev–Trinajstić information content (AvgIpc) is 2.30. The van der Waals surface area contributed by atoms with Gasteiger partial charge in [0.15, 0.2) is 15.6 Å². The normalized spacial score (nSPS) is 11.5. The van der Waals surface area contributed by atoms with Crippen LogP contribution in [0.25, 0.3) is 0 Å². The van der Waals surface area contributed by atoms with E-state index in [1.807, 2.05) is 0 Å². The van der Waals surface area contributed by atoms with Crippen molar-refractivity contribution in [1.82, 2.24) is 15.0 Å². The zero-order chi connectivity index (χ0) is 10.1. The summed E-state index contributed by atoms with van der Waals surface area (Å²) in [6.07, 6.45) is 2.25. The maximum Gasteiger partial charge on any atom is 0.197 e. The Hall–Kier alpha value is -1.24. The zero-order valence-electron chi connectivity index (χ0n) is 7.26. The molecule has 1 rings (SSSR count). The van der Waals surface area contributed by atoms with Crippen molar-refractivity contribution < 1.29 is 13.2 Å². The van der Waals surface area contributed by atoms with E-state index in [0.29, 0.717) is 0 Å². The second kappa shape index (κ2) is 3.25. The third kappa shape index (κ3) is 2.62. The van der Waals surface area contributed by atoms with E-state index in [0.717, 1.165) is 6.26 Å². The van der Waals surface area contributed by atoms with Gasteiger partial charge in [-0.1, -0.05) is 5.21 Å². The number of hydrogen-bond donors (Lipinski definition) is 0. The highest BCUT2D eigenvalue weighted by Crippen LogP contribution is 1.98. The Kier molecular flexibility index (Phi) is 2.46. The first kappa shape index (κ1) is 9.85. The first-order valence-electron chi connectivity index (χ1n) is 3.46. The molecular formula is C6H9N3O3S. The van der Waals surface area contributed by atoms with Crippen molar-refractivity contribution >= 4 is 15.6 Å². The van der Waals surface area contributed by atoms with Crippen LogP contribution in [0, 0.1) is 0 Å². The van der Waals surface area contributed by atoms with E-state index < -0.39 is 21.4 Å². The number of ketones is 1. The van der Waals surface area contributed by atoms with Gasteiger partial charge in [0.05, 0.1) is 6.20 Å². The summed E-state index contributed by atoms with van der Waals surface area (Å²) in [6.45, 7) is 0. The van der Waals surface area contributed by atoms with Crippen molar-refractivity contribution in [3.05, 3.63) is 11.9 Å². The number of aromatic nitrogens is 3. The van der Waals surface area contributed by atoms with E-state index in [9.17, 15) is 13.2 Å². The van der Waals surface area contributed by atoms with Crippen molar-refractivity contribution in [2.75, 3.05) is 12.0 Å². The van der Waals surface area contributed by atoms with Gasteiger partial charge in [-0.2, -0.15) is 0 Å². The lowest BCUT2D eigenvalue weighted by atomic mass is 10.3. The number of rotatable bonds is 3. The van der Waals surface area contributed by atoms with Crippen LogP contribution in [-0.2, 0) is 16.9 Å². The van der Waals surface area contributed by atoms with Crippen LogP contribution in [0.1, 0.15) is 10.5 Å². The fourth-order valence-corrected chi connectivity index (χ4v) is 1.48. The van der Waals surface area contributed by atoms with Crippen molar-refractivity contribution in [1.29, 1.82) is 0 Å². The lowest BCUT2D eigenvalue weighted by Gasteiger charge is -1.97. The molecule has 0 bridgehead atoms. The van der Waals surface area contributed by atoms with Gasteiger partial charge in [0.25, 0.3) is 0 Å². The molecule has 0 saturated heterocycles. The van der Waals surface area contributed by atoms with Crippen molar-refractivity contribution in [2.24, 2.45) is 7.05 Å². The molecule has 0 spiro atoms. The minimum absolute atomic E-state index is 0.199. The topological polar surface area (TPSA) is 81.9 Å². The third-order valence-electron chi connectivity index (χ3n) is 1.39. The molecule has 1 aromatic heterocycles. The molecule has 72 valence electrons. The van der Waals surface area contributed by atoms with Crippen LogP contribution in [0.4, 0.5) is 0 Å². The predicted octanol–water partition coefficient (Wildman–Crippen LogP) is -0.958. The van der Waals surface area contributed by atoms with E-state index in [2.05, 4.69) is 10.3 Å². The molecule has 0 saturated carbocycles. The molecule has 13 heavy (non-hydrogen) atoms. The Morgan fingerprint density at radius 3 is 2.62 bits per heavy atom. The molecule has 0 aliphatic rings. The fourth-order valence-electron chi connectivity index (χ4n) is 0.854. The van der Waals surface area contributed by atoms with Crippen LogP contribution in [0.5, 0.6) is 0 Å². The fraction of sp³-hybridized carbons (Fsp3) is 0.500. The third-order valence-corrected chi connectivity index (χ3v) is 2.18. The van der Waals surface area contributed by atoms with Gasteiger partial charge >= 0.3 is 0 Å². The van der Waals surface area contributed by atoms with Gasteiger partial charge in [0, 0.05) is 13.3 Å². The highest BCUT2D eigenvalue weighted by Gasteiger charge is 2.16. The average molecular weight is 203 g/mol. The number of Topliss-reactive ketones (excluding diaryl/α,β-unsaturated/α-hetero) is 1. The predicted molar refractivity (Wildman–Crippen MR) is 45.0 cm³/mol.